The SMILES string of the molecule is CCc1ccc(-c2ccc(C3CCC(CCc4ccc(C)c(F)c4F)CC3)c(F)c2F)c(F)c1F. The normalized spacial score (nSPS) is 18.2. The van der Waals surface area contributed by atoms with Crippen LogP contribution in [-0.2, 0) is 12.8 Å². The third-order valence-electron chi connectivity index (χ3n) is 7.41. The minimum Gasteiger partial charge on any atom is -0.203 e. The van der Waals surface area contributed by atoms with Crippen molar-refractivity contribution in [3.8, 4) is 11.1 Å². The van der Waals surface area contributed by atoms with Gasteiger partial charge in [0.1, 0.15) is 0 Å². The minimum absolute atomic E-state index is 0.177. The summed E-state index contributed by atoms with van der Waals surface area (Å²) in [5.74, 6) is -5.93. The fourth-order valence-electron chi connectivity index (χ4n) is 5.16. The first-order valence-electron chi connectivity index (χ1n) is 12.1. The van der Waals surface area contributed by atoms with Gasteiger partial charge in [0.2, 0.25) is 0 Å². The summed E-state index contributed by atoms with van der Waals surface area (Å²) in [6.07, 6.45) is 4.22. The van der Waals surface area contributed by atoms with Crippen LogP contribution in [0.5, 0.6) is 0 Å². The summed E-state index contributed by atoms with van der Waals surface area (Å²) >= 11 is 0. The van der Waals surface area contributed by atoms with Gasteiger partial charge in [0, 0.05) is 11.1 Å². The molecule has 0 atom stereocenters. The summed E-state index contributed by atoms with van der Waals surface area (Å²) in [5.41, 5.74) is 0.447. The number of hydrogen-bond donors (Lipinski definition) is 0. The third kappa shape index (κ3) is 4.98. The summed E-state index contributed by atoms with van der Waals surface area (Å²) in [6.45, 7) is 3.21. The van der Waals surface area contributed by atoms with Gasteiger partial charge in [-0.2, -0.15) is 0 Å². The molecule has 0 amide bonds. The largest absolute Gasteiger partial charge is 0.203 e. The summed E-state index contributed by atoms with van der Waals surface area (Å²) in [5, 5.41) is 0. The molecule has 3 aromatic carbocycles. The molecular weight excluding hydrogens is 462 g/mol. The Hall–Kier alpha value is -2.76. The molecule has 0 N–H and O–H groups in total. The first kappa shape index (κ1) is 25.3. The maximum Gasteiger partial charge on any atom is 0.167 e. The van der Waals surface area contributed by atoms with E-state index in [1.54, 1.807) is 19.1 Å². The van der Waals surface area contributed by atoms with Crippen molar-refractivity contribution in [2.24, 2.45) is 5.92 Å². The second-order valence-electron chi connectivity index (χ2n) is 9.51. The summed E-state index contributed by atoms with van der Waals surface area (Å²) in [4.78, 5) is 0. The zero-order valence-corrected chi connectivity index (χ0v) is 19.8. The molecule has 0 aromatic heterocycles. The highest BCUT2D eigenvalue weighted by Gasteiger charge is 2.28. The molecule has 1 fully saturated rings. The Labute approximate surface area is 202 Å². The molecule has 6 heteroatoms. The zero-order valence-electron chi connectivity index (χ0n) is 19.8. The molecule has 186 valence electrons. The van der Waals surface area contributed by atoms with Crippen LogP contribution in [0, 0.1) is 47.7 Å². The summed E-state index contributed by atoms with van der Waals surface area (Å²) in [6, 6.07) is 8.64. The van der Waals surface area contributed by atoms with Crippen molar-refractivity contribution in [2.75, 3.05) is 0 Å². The van der Waals surface area contributed by atoms with E-state index in [0.29, 0.717) is 37.7 Å². The molecule has 0 nitrogen and oxygen atoms in total. The smallest absolute Gasteiger partial charge is 0.167 e. The van der Waals surface area contributed by atoms with Gasteiger partial charge in [-0.25, -0.2) is 26.3 Å². The Kier molecular flexibility index (Phi) is 7.58. The summed E-state index contributed by atoms with van der Waals surface area (Å²) in [7, 11) is 0. The molecular formula is C29H28F6. The Morgan fingerprint density at radius 1 is 0.629 bits per heavy atom. The highest BCUT2D eigenvalue weighted by Crippen LogP contribution is 2.40. The van der Waals surface area contributed by atoms with Crippen LogP contribution in [0.2, 0.25) is 0 Å². The van der Waals surface area contributed by atoms with Gasteiger partial charge < -0.3 is 0 Å². The highest BCUT2D eigenvalue weighted by atomic mass is 19.2. The second kappa shape index (κ2) is 10.5. The molecule has 0 saturated heterocycles. The molecule has 0 bridgehead atoms. The van der Waals surface area contributed by atoms with Gasteiger partial charge in [-0.1, -0.05) is 43.3 Å². The van der Waals surface area contributed by atoms with E-state index in [9.17, 15) is 22.0 Å². The van der Waals surface area contributed by atoms with Gasteiger partial charge in [-0.15, -0.1) is 0 Å². The van der Waals surface area contributed by atoms with E-state index >= 15 is 4.39 Å². The average Bonchev–Trinajstić information content (AvgIpc) is 2.86. The quantitative estimate of drug-likeness (QED) is 0.303. The van der Waals surface area contributed by atoms with Crippen LogP contribution in [0.4, 0.5) is 26.3 Å². The van der Waals surface area contributed by atoms with Gasteiger partial charge in [-0.3, -0.25) is 0 Å². The first-order chi connectivity index (χ1) is 16.7. The monoisotopic (exact) mass is 490 g/mol. The van der Waals surface area contributed by atoms with Crippen molar-refractivity contribution in [2.45, 2.75) is 64.7 Å². The lowest BCUT2D eigenvalue weighted by molar-refractivity contribution is 0.303. The lowest BCUT2D eigenvalue weighted by atomic mass is 9.76. The molecule has 4 rings (SSSR count). The van der Waals surface area contributed by atoms with Crippen molar-refractivity contribution < 1.29 is 26.3 Å². The van der Waals surface area contributed by atoms with Gasteiger partial charge in [0.25, 0.3) is 0 Å². The van der Waals surface area contributed by atoms with E-state index in [1.807, 2.05) is 0 Å². The van der Waals surface area contributed by atoms with Crippen LogP contribution in [0.25, 0.3) is 11.1 Å². The van der Waals surface area contributed by atoms with E-state index in [1.165, 1.54) is 31.2 Å². The minimum atomic E-state index is -1.18. The average molecular weight is 491 g/mol. The van der Waals surface area contributed by atoms with Crippen LogP contribution in [0.1, 0.15) is 67.2 Å². The fourth-order valence-corrected chi connectivity index (χ4v) is 5.16. The lowest BCUT2D eigenvalue weighted by Gasteiger charge is -2.29. The molecule has 0 unspecified atom stereocenters. The molecule has 1 aliphatic rings. The highest BCUT2D eigenvalue weighted by molar-refractivity contribution is 5.66. The molecule has 0 radical (unpaired) electrons. The molecule has 35 heavy (non-hydrogen) atoms. The molecule has 1 saturated carbocycles. The Balaban J connectivity index is 1.44. The van der Waals surface area contributed by atoms with E-state index in [4.69, 9.17) is 0 Å². The summed E-state index contributed by atoms with van der Waals surface area (Å²) < 4.78 is 86.6. The number of benzene rings is 3. The predicted molar refractivity (Wildman–Crippen MR) is 125 cm³/mol. The maximum atomic E-state index is 15.0. The molecule has 0 aliphatic heterocycles. The third-order valence-corrected chi connectivity index (χ3v) is 7.41. The van der Waals surface area contributed by atoms with Crippen LogP contribution in [0.3, 0.4) is 0 Å². The van der Waals surface area contributed by atoms with E-state index in [2.05, 4.69) is 0 Å². The predicted octanol–water partition coefficient (Wildman–Crippen LogP) is 8.97. The Bertz CT molecular complexity index is 1220. The fraction of sp³-hybridized carbons (Fsp3) is 0.379. The van der Waals surface area contributed by atoms with Gasteiger partial charge in [-0.05, 0) is 86.0 Å². The zero-order chi connectivity index (χ0) is 25.3. The van der Waals surface area contributed by atoms with Gasteiger partial charge >= 0.3 is 0 Å². The second-order valence-corrected chi connectivity index (χ2v) is 9.51. The van der Waals surface area contributed by atoms with Crippen molar-refractivity contribution in [3.05, 3.63) is 93.6 Å². The van der Waals surface area contributed by atoms with E-state index < -0.39 is 34.9 Å². The Morgan fingerprint density at radius 3 is 1.86 bits per heavy atom. The van der Waals surface area contributed by atoms with Gasteiger partial charge in [0.15, 0.2) is 34.9 Å². The molecule has 3 aromatic rings. The van der Waals surface area contributed by atoms with Crippen molar-refractivity contribution in [1.29, 1.82) is 0 Å². The van der Waals surface area contributed by atoms with Crippen LogP contribution in [0.15, 0.2) is 36.4 Å². The molecule has 0 spiro atoms. The topological polar surface area (TPSA) is 0 Å². The van der Waals surface area contributed by atoms with Crippen LogP contribution < -0.4 is 0 Å². The molecule has 1 aliphatic carbocycles. The Morgan fingerprint density at radius 2 is 1.20 bits per heavy atom. The number of rotatable bonds is 6. The first-order valence-corrected chi connectivity index (χ1v) is 12.1. The molecule has 0 heterocycles. The maximum absolute atomic E-state index is 15.0. The van der Waals surface area contributed by atoms with Crippen molar-refractivity contribution >= 4 is 0 Å². The number of halogens is 6. The van der Waals surface area contributed by atoms with Crippen molar-refractivity contribution in [3.63, 3.8) is 0 Å². The van der Waals surface area contributed by atoms with Crippen molar-refractivity contribution in [1.82, 2.24) is 0 Å². The van der Waals surface area contributed by atoms with E-state index in [-0.39, 0.29) is 39.7 Å². The van der Waals surface area contributed by atoms with Gasteiger partial charge in [0.05, 0.1) is 0 Å². The lowest BCUT2D eigenvalue weighted by Crippen LogP contribution is -2.16. The number of aryl methyl sites for hydroxylation is 3. The standard InChI is InChI=1S/C29H28F6/c1-3-18-12-13-22(28(34)25(18)31)23-15-14-21(27(33)29(23)35)19-9-5-17(6-10-19)7-11-20-8-4-16(2)24(30)26(20)32/h4,8,12-15,17,19H,3,5-7,9-11H2,1-2H3. The number of hydrogen-bond acceptors (Lipinski definition) is 0. The van der Waals surface area contributed by atoms with Crippen LogP contribution in [-0.4, -0.2) is 0 Å². The van der Waals surface area contributed by atoms with Crippen LogP contribution >= 0.6 is 0 Å². The van der Waals surface area contributed by atoms with E-state index in [0.717, 1.165) is 12.8 Å².